The van der Waals surface area contributed by atoms with Gasteiger partial charge in [0.25, 0.3) is 11.8 Å². The number of fused-ring (bicyclic) bond motifs is 1. The Labute approximate surface area is 103 Å². The van der Waals surface area contributed by atoms with Gasteiger partial charge in [0.15, 0.2) is 11.2 Å². The van der Waals surface area contributed by atoms with Gasteiger partial charge in [-0.2, -0.15) is 4.99 Å². The minimum Gasteiger partial charge on any atom is -0.379 e. The van der Waals surface area contributed by atoms with E-state index in [2.05, 4.69) is 4.99 Å². The Hall–Kier alpha value is -0.920. The fourth-order valence-corrected chi connectivity index (χ4v) is 3.20. The number of hydrogen-bond acceptors (Lipinski definition) is 5. The van der Waals surface area contributed by atoms with Crippen molar-refractivity contribution in [1.29, 1.82) is 0 Å². The van der Waals surface area contributed by atoms with E-state index in [0.717, 1.165) is 5.75 Å². The highest BCUT2D eigenvalue weighted by Crippen LogP contribution is 2.25. The molecule has 3 rings (SSSR count). The molecular weight excluding hydrogens is 242 g/mol. The zero-order valence-electron chi connectivity index (χ0n) is 9.29. The van der Waals surface area contributed by atoms with Gasteiger partial charge in [-0.1, -0.05) is 11.8 Å². The van der Waals surface area contributed by atoms with Gasteiger partial charge in [-0.3, -0.25) is 19.4 Å². The molecule has 3 aliphatic heterocycles. The van der Waals surface area contributed by atoms with Crippen molar-refractivity contribution < 1.29 is 14.3 Å². The lowest BCUT2D eigenvalue weighted by atomic mass is 10.1. The number of amidine groups is 1. The van der Waals surface area contributed by atoms with Gasteiger partial charge in [-0.15, -0.1) is 0 Å². The summed E-state index contributed by atoms with van der Waals surface area (Å²) in [5.41, 5.74) is 0. The van der Waals surface area contributed by atoms with Crippen LogP contribution in [0.15, 0.2) is 4.99 Å². The molecule has 1 unspecified atom stereocenters. The van der Waals surface area contributed by atoms with Crippen LogP contribution in [0, 0.1) is 0 Å². The van der Waals surface area contributed by atoms with Gasteiger partial charge in [-0.05, 0) is 0 Å². The van der Waals surface area contributed by atoms with Gasteiger partial charge in [-0.25, -0.2) is 0 Å². The zero-order valence-corrected chi connectivity index (χ0v) is 10.1. The molecule has 6 nitrogen and oxygen atoms in total. The average Bonchev–Trinajstić information content (AvgIpc) is 2.78. The molecule has 3 heterocycles. The van der Waals surface area contributed by atoms with E-state index in [1.54, 1.807) is 4.90 Å². The molecule has 7 heteroatoms. The van der Waals surface area contributed by atoms with E-state index in [4.69, 9.17) is 4.74 Å². The maximum absolute atomic E-state index is 12.2. The molecule has 0 saturated carbocycles. The van der Waals surface area contributed by atoms with Crippen molar-refractivity contribution in [3.8, 4) is 0 Å². The summed E-state index contributed by atoms with van der Waals surface area (Å²) in [7, 11) is 0. The first-order valence-electron chi connectivity index (χ1n) is 5.66. The van der Waals surface area contributed by atoms with Crippen LogP contribution >= 0.6 is 11.8 Å². The number of thioether (sulfide) groups is 1. The molecule has 1 atom stereocenters. The Morgan fingerprint density at radius 2 is 2.00 bits per heavy atom. The summed E-state index contributed by atoms with van der Waals surface area (Å²) >= 11 is 1.47. The number of nitrogens with zero attached hydrogens (tertiary/aromatic N) is 3. The van der Waals surface area contributed by atoms with Crippen molar-refractivity contribution in [2.24, 2.45) is 4.99 Å². The second-order valence-corrected chi connectivity index (χ2v) is 5.18. The Morgan fingerprint density at radius 1 is 1.24 bits per heavy atom. The van der Waals surface area contributed by atoms with Crippen LogP contribution in [0.4, 0.5) is 0 Å². The standard InChI is InChI=1S/C10H13N3O3S/c14-8-7(12-1-4-16-5-2-12)9(15)13-3-6-17-10(13)11-8/h7H,1-6H2. The highest BCUT2D eigenvalue weighted by atomic mass is 32.2. The Bertz CT molecular complexity index is 392. The number of ether oxygens (including phenoxy) is 1. The molecule has 3 aliphatic rings. The van der Waals surface area contributed by atoms with Crippen molar-refractivity contribution in [2.75, 3.05) is 38.6 Å². The topological polar surface area (TPSA) is 62.2 Å². The third-order valence-electron chi connectivity index (χ3n) is 3.13. The molecule has 2 saturated heterocycles. The van der Waals surface area contributed by atoms with Crippen LogP contribution in [0.25, 0.3) is 0 Å². The van der Waals surface area contributed by atoms with Crippen LogP contribution in [0.5, 0.6) is 0 Å². The van der Waals surface area contributed by atoms with Crippen LogP contribution in [0.2, 0.25) is 0 Å². The van der Waals surface area contributed by atoms with Crippen LogP contribution in [-0.4, -0.2) is 71.4 Å². The highest BCUT2D eigenvalue weighted by Gasteiger charge is 2.43. The van der Waals surface area contributed by atoms with Crippen molar-refractivity contribution >= 4 is 28.7 Å². The number of carbonyl (C=O) groups is 2. The quantitative estimate of drug-likeness (QED) is 0.572. The maximum Gasteiger partial charge on any atom is 0.275 e. The Balaban J connectivity index is 1.85. The van der Waals surface area contributed by atoms with E-state index in [1.165, 1.54) is 11.8 Å². The molecule has 0 aromatic heterocycles. The molecule has 0 aromatic rings. The Kier molecular flexibility index (Phi) is 2.89. The summed E-state index contributed by atoms with van der Waals surface area (Å²) in [5.74, 6) is 0.387. The second kappa shape index (κ2) is 4.40. The molecular formula is C10H13N3O3S. The molecule has 0 aliphatic carbocycles. The van der Waals surface area contributed by atoms with Crippen molar-refractivity contribution in [3.05, 3.63) is 0 Å². The van der Waals surface area contributed by atoms with E-state index in [-0.39, 0.29) is 11.8 Å². The monoisotopic (exact) mass is 255 g/mol. The lowest BCUT2D eigenvalue weighted by Gasteiger charge is -2.35. The normalized spacial score (nSPS) is 30.5. The van der Waals surface area contributed by atoms with Gasteiger partial charge < -0.3 is 4.74 Å². The highest BCUT2D eigenvalue weighted by molar-refractivity contribution is 8.14. The molecule has 0 radical (unpaired) electrons. The van der Waals surface area contributed by atoms with Crippen molar-refractivity contribution in [1.82, 2.24) is 9.80 Å². The van der Waals surface area contributed by atoms with Gasteiger partial charge in [0.2, 0.25) is 0 Å². The fourth-order valence-electron chi connectivity index (χ4n) is 2.26. The largest absolute Gasteiger partial charge is 0.379 e. The number of aliphatic imine (C=N–C) groups is 1. The minimum absolute atomic E-state index is 0.119. The molecule has 0 N–H and O–H groups in total. The third kappa shape index (κ3) is 1.88. The second-order valence-electron chi connectivity index (χ2n) is 4.12. The summed E-state index contributed by atoms with van der Waals surface area (Å²) < 4.78 is 5.23. The van der Waals surface area contributed by atoms with Gasteiger partial charge in [0, 0.05) is 25.4 Å². The summed E-state index contributed by atoms with van der Waals surface area (Å²) in [6, 6.07) is -0.721. The predicted molar refractivity (Wildman–Crippen MR) is 62.8 cm³/mol. The minimum atomic E-state index is -0.721. The van der Waals surface area contributed by atoms with E-state index in [9.17, 15) is 9.59 Å². The smallest absolute Gasteiger partial charge is 0.275 e. The van der Waals surface area contributed by atoms with Gasteiger partial charge in [0.05, 0.1) is 13.2 Å². The SMILES string of the molecule is O=C1N=C2SCCN2C(=O)C1N1CCOCC1. The zero-order chi connectivity index (χ0) is 11.8. The number of hydrogen-bond donors (Lipinski definition) is 0. The summed E-state index contributed by atoms with van der Waals surface area (Å²) in [6.07, 6.45) is 0. The molecule has 92 valence electrons. The average molecular weight is 255 g/mol. The molecule has 0 aromatic carbocycles. The summed E-state index contributed by atoms with van der Waals surface area (Å²) in [4.78, 5) is 31.7. The predicted octanol–water partition coefficient (Wildman–Crippen LogP) is -0.841. The van der Waals surface area contributed by atoms with Crippen molar-refractivity contribution in [3.63, 3.8) is 0 Å². The number of carbonyl (C=O) groups excluding carboxylic acids is 2. The van der Waals surface area contributed by atoms with Crippen LogP contribution < -0.4 is 0 Å². The van der Waals surface area contributed by atoms with Crippen LogP contribution in [0.3, 0.4) is 0 Å². The third-order valence-corrected chi connectivity index (χ3v) is 4.08. The van der Waals surface area contributed by atoms with E-state index < -0.39 is 6.04 Å². The number of morpholine rings is 1. The van der Waals surface area contributed by atoms with Crippen LogP contribution in [-0.2, 0) is 14.3 Å². The first-order valence-corrected chi connectivity index (χ1v) is 6.64. The molecule has 2 amide bonds. The maximum atomic E-state index is 12.2. The van der Waals surface area contributed by atoms with E-state index in [0.29, 0.717) is 38.0 Å². The lowest BCUT2D eigenvalue weighted by Crippen LogP contribution is -2.58. The lowest BCUT2D eigenvalue weighted by molar-refractivity contribution is -0.143. The molecule has 2 fully saturated rings. The first-order chi connectivity index (χ1) is 8.27. The summed E-state index contributed by atoms with van der Waals surface area (Å²) in [5, 5.41) is 0.574. The molecule has 0 spiro atoms. The first kappa shape index (κ1) is 11.2. The molecule has 0 bridgehead atoms. The van der Waals surface area contributed by atoms with E-state index in [1.807, 2.05) is 4.90 Å². The number of amides is 2. The van der Waals surface area contributed by atoms with Gasteiger partial charge in [0.1, 0.15) is 0 Å². The van der Waals surface area contributed by atoms with Crippen LogP contribution in [0.1, 0.15) is 0 Å². The Morgan fingerprint density at radius 3 is 2.76 bits per heavy atom. The van der Waals surface area contributed by atoms with E-state index >= 15 is 0 Å². The van der Waals surface area contributed by atoms with Crippen molar-refractivity contribution in [2.45, 2.75) is 6.04 Å². The summed E-state index contributed by atoms with van der Waals surface area (Å²) in [6.45, 7) is 3.04. The fraction of sp³-hybridized carbons (Fsp3) is 0.700. The number of rotatable bonds is 1. The van der Waals surface area contributed by atoms with Gasteiger partial charge >= 0.3 is 0 Å². The molecule has 17 heavy (non-hydrogen) atoms.